The van der Waals surface area contributed by atoms with E-state index >= 15 is 0 Å². The molecule has 0 saturated carbocycles. The fourth-order valence-corrected chi connectivity index (χ4v) is 3.16. The molecule has 1 unspecified atom stereocenters. The molecule has 0 aromatic heterocycles. The van der Waals surface area contributed by atoms with Crippen LogP contribution in [0.5, 0.6) is 0 Å². The van der Waals surface area contributed by atoms with Crippen molar-refractivity contribution >= 4 is 5.97 Å². The van der Waals surface area contributed by atoms with Gasteiger partial charge in [0.05, 0.1) is 39.3 Å². The van der Waals surface area contributed by atoms with Crippen LogP contribution in [0.25, 0.3) is 0 Å². The highest BCUT2D eigenvalue weighted by Gasteiger charge is 2.88. The Labute approximate surface area is 210 Å². The Kier molecular flexibility index (Phi) is 10.9. The Bertz CT molecular complexity index is 813. The summed E-state index contributed by atoms with van der Waals surface area (Å²) in [7, 11) is 0. The molecule has 1 saturated heterocycles. The molecule has 232 valence electrons. The van der Waals surface area contributed by atoms with E-state index in [1.165, 1.54) is 0 Å². The molecule has 0 spiro atoms. The number of carbonyl (C=O) groups excluding carboxylic acids is 1. The number of ether oxygens (including phenoxy) is 3. The lowest BCUT2D eigenvalue weighted by Crippen LogP contribution is -2.67. The molecule has 0 bridgehead atoms. The van der Waals surface area contributed by atoms with Crippen molar-refractivity contribution in [3.8, 4) is 0 Å². The third kappa shape index (κ3) is 7.95. The monoisotopic (exact) mass is 613 g/mol. The number of nitrogens with zero attached hydrogens (tertiary/aromatic N) is 1. The summed E-state index contributed by atoms with van der Waals surface area (Å²) in [6.45, 7) is 1.02. The highest BCUT2D eigenvalue weighted by Crippen LogP contribution is 2.59. The fourth-order valence-electron chi connectivity index (χ4n) is 3.16. The predicted octanol–water partition coefficient (Wildman–Crippen LogP) is 5.42. The van der Waals surface area contributed by atoms with Gasteiger partial charge in [0.15, 0.2) is 0 Å². The van der Waals surface area contributed by atoms with Crippen molar-refractivity contribution in [3.63, 3.8) is 0 Å². The zero-order chi connectivity index (χ0) is 30.7. The van der Waals surface area contributed by atoms with Gasteiger partial charge >= 0.3 is 47.7 Å². The van der Waals surface area contributed by atoms with Crippen LogP contribution in [0.4, 0.5) is 65.9 Å². The minimum atomic E-state index is -8.04. The summed E-state index contributed by atoms with van der Waals surface area (Å²) in [4.78, 5) is 12.9. The summed E-state index contributed by atoms with van der Waals surface area (Å²) in [6, 6.07) is 0. The van der Waals surface area contributed by atoms with Gasteiger partial charge in [0.2, 0.25) is 0 Å². The van der Waals surface area contributed by atoms with E-state index < -0.39 is 73.2 Å². The summed E-state index contributed by atoms with van der Waals surface area (Å²) in [5.74, 6) is -44.7. The topological polar surface area (TPSA) is 48.0 Å². The van der Waals surface area contributed by atoms with E-state index in [-0.39, 0.29) is 13.2 Å². The maximum atomic E-state index is 14.2. The third-order valence-corrected chi connectivity index (χ3v) is 5.36. The van der Waals surface area contributed by atoms with Gasteiger partial charge in [-0.15, -0.1) is 0 Å². The van der Waals surface area contributed by atoms with Gasteiger partial charge in [0.25, 0.3) is 0 Å². The molecule has 0 aliphatic carbocycles. The van der Waals surface area contributed by atoms with Crippen LogP contribution in [0.3, 0.4) is 0 Å². The van der Waals surface area contributed by atoms with Gasteiger partial charge in [-0.3, -0.25) is 9.69 Å². The second kappa shape index (κ2) is 12.0. The summed E-state index contributed by atoms with van der Waals surface area (Å²) in [6.07, 6.45) is -16.6. The van der Waals surface area contributed by atoms with Crippen molar-refractivity contribution in [2.45, 2.75) is 67.6 Å². The van der Waals surface area contributed by atoms with E-state index in [4.69, 9.17) is 9.47 Å². The van der Waals surface area contributed by atoms with Gasteiger partial charge in [0.1, 0.15) is 6.10 Å². The SMILES string of the molecule is CC(=O)OC(COCCN1CCOCC1)CC(F)(F)C(F)(F)CC(F)(F)C(F)(F)C(F)(F)C(F)(F)C(F)(F)F. The van der Waals surface area contributed by atoms with Crippen LogP contribution in [0, 0.1) is 0 Å². The first-order chi connectivity index (χ1) is 17.3. The van der Waals surface area contributed by atoms with Crippen molar-refractivity contribution in [1.82, 2.24) is 4.90 Å². The van der Waals surface area contributed by atoms with Crippen LogP contribution in [-0.2, 0) is 19.0 Å². The summed E-state index contributed by atoms with van der Waals surface area (Å²) in [5.41, 5.74) is 0. The zero-order valence-electron chi connectivity index (χ0n) is 19.7. The van der Waals surface area contributed by atoms with Crippen molar-refractivity contribution in [3.05, 3.63) is 0 Å². The van der Waals surface area contributed by atoms with Crippen LogP contribution >= 0.6 is 0 Å². The number of hydrogen-bond donors (Lipinski definition) is 0. The van der Waals surface area contributed by atoms with E-state index in [1.54, 1.807) is 4.90 Å². The van der Waals surface area contributed by atoms with Gasteiger partial charge in [-0.25, -0.2) is 0 Å². The smallest absolute Gasteiger partial charge is 0.460 e. The van der Waals surface area contributed by atoms with Crippen molar-refractivity contribution < 1.29 is 84.9 Å². The van der Waals surface area contributed by atoms with E-state index in [0.717, 1.165) is 0 Å². The molecule has 0 radical (unpaired) electrons. The molecule has 1 fully saturated rings. The fraction of sp³-hybridized carbons (Fsp3) is 0.947. The molecule has 39 heavy (non-hydrogen) atoms. The molecule has 1 aliphatic rings. The first-order valence-electron chi connectivity index (χ1n) is 10.7. The number of alkyl halides is 15. The second-order valence-electron chi connectivity index (χ2n) is 8.48. The first kappa shape index (κ1) is 35.3. The highest BCUT2D eigenvalue weighted by atomic mass is 19.4. The molecule has 20 heteroatoms. The second-order valence-corrected chi connectivity index (χ2v) is 8.48. The number of esters is 1. The van der Waals surface area contributed by atoms with Gasteiger partial charge < -0.3 is 14.2 Å². The summed E-state index contributed by atoms with van der Waals surface area (Å²) < 4.78 is 214. The quantitative estimate of drug-likeness (QED) is 0.149. The number of halogens is 15. The zero-order valence-corrected chi connectivity index (χ0v) is 19.7. The number of rotatable bonds is 14. The van der Waals surface area contributed by atoms with Crippen LogP contribution in [-0.4, -0.2) is 105 Å². The van der Waals surface area contributed by atoms with Gasteiger partial charge in [-0.1, -0.05) is 0 Å². The van der Waals surface area contributed by atoms with Crippen LogP contribution in [0.1, 0.15) is 19.8 Å². The van der Waals surface area contributed by atoms with Crippen molar-refractivity contribution in [2.75, 3.05) is 46.1 Å². The number of carbonyl (C=O) groups is 1. The van der Waals surface area contributed by atoms with Crippen LogP contribution in [0.15, 0.2) is 0 Å². The molecule has 0 N–H and O–H groups in total. The molecule has 5 nitrogen and oxygen atoms in total. The Morgan fingerprint density at radius 3 is 1.74 bits per heavy atom. The highest BCUT2D eigenvalue weighted by molar-refractivity contribution is 5.66. The molecular weight excluding hydrogens is 591 g/mol. The third-order valence-electron chi connectivity index (χ3n) is 5.36. The lowest BCUT2D eigenvalue weighted by molar-refractivity contribution is -0.427. The van der Waals surface area contributed by atoms with Crippen LogP contribution < -0.4 is 0 Å². The molecule has 1 atom stereocenters. The standard InChI is InChI=1S/C19H22F15NO4/c1-11(36)39-12(9-38-7-4-35-2-5-37-6-3-35)8-13(20,21)14(22,23)10-15(24,25)16(26,27)17(28,29)18(30,31)19(32,33)34/h12H,2-10H2,1H3. The molecule has 1 rings (SSSR count). The molecular formula is C19H22F15NO4. The lowest BCUT2D eigenvalue weighted by Gasteiger charge is -2.39. The van der Waals surface area contributed by atoms with Gasteiger partial charge in [0, 0.05) is 26.6 Å². The molecule has 1 aliphatic heterocycles. The Hall–Kier alpha value is -1.70. The summed E-state index contributed by atoms with van der Waals surface area (Å²) >= 11 is 0. The molecule has 0 aromatic carbocycles. The Morgan fingerprint density at radius 1 is 0.769 bits per heavy atom. The van der Waals surface area contributed by atoms with E-state index in [0.29, 0.717) is 33.2 Å². The minimum absolute atomic E-state index is 0.154. The van der Waals surface area contributed by atoms with Gasteiger partial charge in [-0.2, -0.15) is 65.9 Å². The maximum absolute atomic E-state index is 14.2. The molecule has 0 aromatic rings. The minimum Gasteiger partial charge on any atom is -0.460 e. The number of hydrogen-bond acceptors (Lipinski definition) is 5. The molecule has 0 amide bonds. The average Bonchev–Trinajstić information content (AvgIpc) is 2.74. The largest absolute Gasteiger partial charge is 0.460 e. The Balaban J connectivity index is 3.04. The normalized spacial score (nSPS) is 18.3. The molecule has 1 heterocycles. The van der Waals surface area contributed by atoms with Crippen LogP contribution in [0.2, 0.25) is 0 Å². The predicted molar refractivity (Wildman–Crippen MR) is 98.6 cm³/mol. The number of morpholine rings is 1. The summed E-state index contributed by atoms with van der Waals surface area (Å²) in [5, 5.41) is 0. The van der Waals surface area contributed by atoms with E-state index in [9.17, 15) is 70.7 Å². The van der Waals surface area contributed by atoms with Gasteiger partial charge in [-0.05, 0) is 0 Å². The first-order valence-corrected chi connectivity index (χ1v) is 10.7. The average molecular weight is 613 g/mol. The van der Waals surface area contributed by atoms with Crippen molar-refractivity contribution in [1.29, 1.82) is 0 Å². The van der Waals surface area contributed by atoms with Crippen molar-refractivity contribution in [2.24, 2.45) is 0 Å². The van der Waals surface area contributed by atoms with E-state index in [2.05, 4.69) is 4.74 Å². The Morgan fingerprint density at radius 2 is 1.28 bits per heavy atom. The van der Waals surface area contributed by atoms with E-state index in [1.807, 2.05) is 0 Å². The maximum Gasteiger partial charge on any atom is 0.460 e. The lowest BCUT2D eigenvalue weighted by atomic mass is 9.91.